The van der Waals surface area contributed by atoms with Crippen LogP contribution in [0.5, 0.6) is 5.75 Å². The molecule has 0 amide bonds. The lowest BCUT2D eigenvalue weighted by molar-refractivity contribution is -0.114. The Bertz CT molecular complexity index is 1420. The fourth-order valence-electron chi connectivity index (χ4n) is 6.32. The fraction of sp³-hybridized carbons (Fsp3) is 0.548. The minimum Gasteiger partial charge on any atom is -0.507 e. The van der Waals surface area contributed by atoms with Gasteiger partial charge in [-0.3, -0.25) is 4.79 Å². The highest BCUT2D eigenvalue weighted by Crippen LogP contribution is 2.45. The molecule has 0 fully saturated rings. The highest BCUT2D eigenvalue weighted by Gasteiger charge is 2.35. The maximum atomic E-state index is 13.9. The van der Waals surface area contributed by atoms with Gasteiger partial charge in [0, 0.05) is 22.3 Å². The van der Waals surface area contributed by atoms with Crippen molar-refractivity contribution in [3.05, 3.63) is 93.1 Å². The minimum atomic E-state index is -0.313. The molecule has 0 aliphatic heterocycles. The number of hydrogen-bond donors (Lipinski definition) is 1. The van der Waals surface area contributed by atoms with Crippen LogP contribution in [0.3, 0.4) is 0 Å². The van der Waals surface area contributed by atoms with Gasteiger partial charge in [0.1, 0.15) is 5.75 Å². The monoisotopic (exact) mass is 596 g/mol. The van der Waals surface area contributed by atoms with Crippen LogP contribution < -0.4 is 0 Å². The molecule has 1 unspecified atom stereocenters. The molecule has 0 saturated carbocycles. The van der Waals surface area contributed by atoms with Crippen molar-refractivity contribution in [3.8, 4) is 5.75 Å². The molecule has 2 nitrogen and oxygen atoms in total. The Labute approximate surface area is 269 Å². The van der Waals surface area contributed by atoms with Crippen molar-refractivity contribution >= 4 is 11.4 Å². The van der Waals surface area contributed by atoms with E-state index in [0.29, 0.717) is 11.7 Å². The third-order valence-electron chi connectivity index (χ3n) is 8.70. The predicted molar refractivity (Wildman–Crippen MR) is 191 cm³/mol. The van der Waals surface area contributed by atoms with Crippen molar-refractivity contribution in [3.63, 3.8) is 0 Å². The van der Waals surface area contributed by atoms with E-state index < -0.39 is 0 Å². The second kappa shape index (κ2) is 11.8. The molecule has 2 aromatic carbocycles. The number of aromatic hydroxyl groups is 1. The fourth-order valence-corrected chi connectivity index (χ4v) is 6.32. The van der Waals surface area contributed by atoms with E-state index >= 15 is 0 Å². The largest absolute Gasteiger partial charge is 0.507 e. The molecule has 1 atom stereocenters. The Balaban J connectivity index is 2.51. The topological polar surface area (TPSA) is 37.3 Å². The second-order valence-corrected chi connectivity index (χ2v) is 18.5. The number of carbonyl (C=O) groups is 1. The molecule has 0 bridgehead atoms. The second-order valence-electron chi connectivity index (χ2n) is 18.5. The van der Waals surface area contributed by atoms with E-state index in [2.05, 4.69) is 159 Å². The number of rotatable bonds is 4. The SMILES string of the molecule is CC(CC(C)(C)C)c1ccc(C(=C2C=C(C(C)(C)C)C(=O)C(C(C)(C)C)=C2)c2cc(C(C)(C)C)c(O)c(C(C)(C)C)c2)cc1. The predicted octanol–water partition coefficient (Wildman–Crippen LogP) is 11.9. The van der Waals surface area contributed by atoms with Crippen LogP contribution in [0, 0.1) is 16.2 Å². The lowest BCUT2D eigenvalue weighted by atomic mass is 9.70. The smallest absolute Gasteiger partial charge is 0.186 e. The molecule has 0 spiro atoms. The summed E-state index contributed by atoms with van der Waals surface area (Å²) in [6, 6.07) is 13.4. The first kappa shape index (κ1) is 35.6. The van der Waals surface area contributed by atoms with Crippen molar-refractivity contribution in [2.24, 2.45) is 16.2 Å². The van der Waals surface area contributed by atoms with Gasteiger partial charge >= 0.3 is 0 Å². The summed E-state index contributed by atoms with van der Waals surface area (Å²) in [7, 11) is 0. The summed E-state index contributed by atoms with van der Waals surface area (Å²) >= 11 is 0. The van der Waals surface area contributed by atoms with E-state index in [-0.39, 0.29) is 32.9 Å². The average Bonchev–Trinajstić information content (AvgIpc) is 2.82. The highest BCUT2D eigenvalue weighted by atomic mass is 16.3. The summed E-state index contributed by atoms with van der Waals surface area (Å²) < 4.78 is 0. The number of ketones is 1. The van der Waals surface area contributed by atoms with Gasteiger partial charge in [-0.05, 0) is 91.5 Å². The zero-order chi connectivity index (χ0) is 33.8. The first-order valence-corrected chi connectivity index (χ1v) is 16.4. The third kappa shape index (κ3) is 8.04. The van der Waals surface area contributed by atoms with Crippen molar-refractivity contribution < 1.29 is 9.90 Å². The normalized spacial score (nSPS) is 16.1. The summed E-state index contributed by atoms with van der Waals surface area (Å²) in [5.41, 5.74) is 8.27. The molecule has 1 aliphatic carbocycles. The maximum Gasteiger partial charge on any atom is 0.186 e. The molecule has 0 saturated heterocycles. The molecule has 3 rings (SSSR count). The van der Waals surface area contributed by atoms with Gasteiger partial charge in [-0.15, -0.1) is 0 Å². The summed E-state index contributed by atoms with van der Waals surface area (Å²) in [4.78, 5) is 13.9. The molecular formula is C42H60O2. The molecule has 240 valence electrons. The Morgan fingerprint density at radius 2 is 1.05 bits per heavy atom. The van der Waals surface area contributed by atoms with Gasteiger partial charge in [0.25, 0.3) is 0 Å². The molecule has 1 N–H and O–H groups in total. The standard InChI is InChI=1S/C42H60O2/c1-26(25-38(2,3)4)27-17-19-28(20-18-27)35(29-21-31(39(5,6)7)36(43)32(22-29)40(8,9)10)30-23-33(41(11,12)13)37(44)34(24-30)42(14,15)16/h17-24,26,43H,25H2,1-16H3. The van der Waals surface area contributed by atoms with Crippen LogP contribution in [0.25, 0.3) is 5.57 Å². The number of phenolic OH excluding ortho intramolecular Hbond substituents is 1. The number of hydrogen-bond acceptors (Lipinski definition) is 2. The Morgan fingerprint density at radius 1 is 0.636 bits per heavy atom. The van der Waals surface area contributed by atoms with E-state index in [1.807, 2.05) is 0 Å². The van der Waals surface area contributed by atoms with Crippen LogP contribution >= 0.6 is 0 Å². The van der Waals surface area contributed by atoms with E-state index in [4.69, 9.17) is 0 Å². The number of allylic oxidation sites excluding steroid dienone is 5. The maximum absolute atomic E-state index is 13.9. The van der Waals surface area contributed by atoms with Gasteiger partial charge in [-0.1, -0.05) is 135 Å². The zero-order valence-electron chi connectivity index (χ0n) is 30.8. The van der Waals surface area contributed by atoms with Crippen molar-refractivity contribution in [2.45, 2.75) is 134 Å². The molecule has 0 radical (unpaired) electrons. The van der Waals surface area contributed by atoms with Gasteiger partial charge in [-0.2, -0.15) is 0 Å². The Kier molecular flexibility index (Phi) is 9.56. The molecule has 2 heteroatoms. The van der Waals surface area contributed by atoms with E-state index in [9.17, 15) is 9.90 Å². The summed E-state index contributed by atoms with van der Waals surface area (Å²) in [5.74, 6) is 0.955. The summed E-state index contributed by atoms with van der Waals surface area (Å²) in [5, 5.41) is 11.6. The van der Waals surface area contributed by atoms with Gasteiger partial charge in [0.2, 0.25) is 0 Å². The third-order valence-corrected chi connectivity index (χ3v) is 8.70. The van der Waals surface area contributed by atoms with Crippen LogP contribution in [0.1, 0.15) is 151 Å². The quantitative estimate of drug-likeness (QED) is 0.381. The van der Waals surface area contributed by atoms with E-state index in [1.54, 1.807) is 0 Å². The molecule has 0 heterocycles. The minimum absolute atomic E-state index is 0.135. The molecule has 1 aliphatic rings. The van der Waals surface area contributed by atoms with Gasteiger partial charge in [0.05, 0.1) is 0 Å². The Morgan fingerprint density at radius 3 is 1.39 bits per heavy atom. The summed E-state index contributed by atoms with van der Waals surface area (Å²) in [6.45, 7) is 34.9. The zero-order valence-corrected chi connectivity index (χ0v) is 30.8. The molecule has 44 heavy (non-hydrogen) atoms. The lowest BCUT2D eigenvalue weighted by Crippen LogP contribution is -2.28. The van der Waals surface area contributed by atoms with Crippen molar-refractivity contribution in [1.82, 2.24) is 0 Å². The number of benzene rings is 2. The van der Waals surface area contributed by atoms with Gasteiger partial charge < -0.3 is 5.11 Å². The van der Waals surface area contributed by atoms with Crippen LogP contribution in [-0.4, -0.2) is 10.9 Å². The number of phenols is 1. The van der Waals surface area contributed by atoms with E-state index in [0.717, 1.165) is 51.0 Å². The first-order valence-electron chi connectivity index (χ1n) is 16.4. The van der Waals surface area contributed by atoms with Gasteiger partial charge in [0.15, 0.2) is 5.78 Å². The van der Waals surface area contributed by atoms with Crippen LogP contribution in [-0.2, 0) is 15.6 Å². The van der Waals surface area contributed by atoms with Gasteiger partial charge in [-0.25, -0.2) is 0 Å². The highest BCUT2D eigenvalue weighted by molar-refractivity contribution is 6.12. The molecule has 0 aromatic heterocycles. The Hall–Kier alpha value is -2.87. The first-order chi connectivity index (χ1) is 19.7. The van der Waals surface area contributed by atoms with Crippen LogP contribution in [0.15, 0.2) is 65.3 Å². The molecular weight excluding hydrogens is 536 g/mol. The average molecular weight is 597 g/mol. The summed E-state index contributed by atoms with van der Waals surface area (Å²) in [6.07, 6.45) is 5.37. The lowest BCUT2D eigenvalue weighted by Gasteiger charge is -2.33. The molecule has 2 aromatic rings. The van der Waals surface area contributed by atoms with Crippen LogP contribution in [0.2, 0.25) is 0 Å². The van der Waals surface area contributed by atoms with Crippen molar-refractivity contribution in [1.29, 1.82) is 0 Å². The van der Waals surface area contributed by atoms with Crippen LogP contribution in [0.4, 0.5) is 0 Å². The number of Topliss-reactive ketones (excluding diaryl/α,β-unsaturated/α-hetero) is 1. The van der Waals surface area contributed by atoms with Crippen molar-refractivity contribution in [2.75, 3.05) is 0 Å². The van der Waals surface area contributed by atoms with E-state index in [1.165, 1.54) is 5.56 Å². The number of carbonyl (C=O) groups excluding carboxylic acids is 1.